The monoisotopic (exact) mass is 198 g/mol. The highest BCUT2D eigenvalue weighted by molar-refractivity contribution is 4.84. The van der Waals surface area contributed by atoms with Crippen molar-refractivity contribution < 1.29 is 0 Å². The summed E-state index contributed by atoms with van der Waals surface area (Å²) in [7, 11) is 0. The van der Waals surface area contributed by atoms with Crippen LogP contribution in [-0.2, 0) is 0 Å². The molecule has 0 bridgehead atoms. The second-order valence-electron chi connectivity index (χ2n) is 5.62. The quantitative estimate of drug-likeness (QED) is 0.747. The van der Waals surface area contributed by atoms with Crippen molar-refractivity contribution in [2.45, 2.75) is 46.1 Å². The molecule has 84 valence electrons. The van der Waals surface area contributed by atoms with Crippen LogP contribution in [0.1, 0.15) is 40.5 Å². The number of hydrogen-bond acceptors (Lipinski definition) is 2. The Balaban J connectivity index is 2.36. The molecule has 1 N–H and O–H groups in total. The standard InChI is InChI=1S/C12H26N2/c1-11(2)6-9-14-8-5-7-13-12(3,4)10-14/h11,13H,5-10H2,1-4H3. The summed E-state index contributed by atoms with van der Waals surface area (Å²) >= 11 is 0. The van der Waals surface area contributed by atoms with E-state index < -0.39 is 0 Å². The van der Waals surface area contributed by atoms with Gasteiger partial charge in [-0.25, -0.2) is 0 Å². The summed E-state index contributed by atoms with van der Waals surface area (Å²) in [5.41, 5.74) is 0.299. The molecule has 0 aromatic carbocycles. The van der Waals surface area contributed by atoms with E-state index in [0.29, 0.717) is 5.54 Å². The fraction of sp³-hybridized carbons (Fsp3) is 1.00. The first-order chi connectivity index (χ1) is 6.49. The van der Waals surface area contributed by atoms with Crippen molar-refractivity contribution in [2.75, 3.05) is 26.2 Å². The molecular weight excluding hydrogens is 172 g/mol. The molecule has 0 saturated carbocycles. The molecule has 1 fully saturated rings. The molecule has 1 aliphatic heterocycles. The first-order valence-corrected chi connectivity index (χ1v) is 5.97. The minimum atomic E-state index is 0.299. The highest BCUT2D eigenvalue weighted by Gasteiger charge is 2.23. The number of nitrogens with one attached hydrogen (secondary N) is 1. The summed E-state index contributed by atoms with van der Waals surface area (Å²) in [6.07, 6.45) is 2.62. The normalized spacial score (nSPS) is 23.8. The minimum absolute atomic E-state index is 0.299. The summed E-state index contributed by atoms with van der Waals surface area (Å²) in [6, 6.07) is 0. The van der Waals surface area contributed by atoms with Crippen LogP contribution in [0.25, 0.3) is 0 Å². The van der Waals surface area contributed by atoms with Gasteiger partial charge in [0.25, 0.3) is 0 Å². The van der Waals surface area contributed by atoms with E-state index in [2.05, 4.69) is 37.9 Å². The molecule has 2 heteroatoms. The molecule has 0 aliphatic carbocycles. The Morgan fingerprint density at radius 1 is 1.36 bits per heavy atom. The van der Waals surface area contributed by atoms with Crippen LogP contribution in [0.2, 0.25) is 0 Å². The summed E-state index contributed by atoms with van der Waals surface area (Å²) in [5, 5.41) is 3.60. The van der Waals surface area contributed by atoms with Gasteiger partial charge in [0.2, 0.25) is 0 Å². The molecule has 1 heterocycles. The summed E-state index contributed by atoms with van der Waals surface area (Å²) in [5.74, 6) is 0.828. The van der Waals surface area contributed by atoms with Crippen LogP contribution in [0.15, 0.2) is 0 Å². The molecule has 0 radical (unpaired) electrons. The van der Waals surface area contributed by atoms with Crippen LogP contribution in [0, 0.1) is 5.92 Å². The van der Waals surface area contributed by atoms with Gasteiger partial charge in [-0.2, -0.15) is 0 Å². The maximum atomic E-state index is 3.60. The van der Waals surface area contributed by atoms with Crippen LogP contribution in [0.4, 0.5) is 0 Å². The lowest BCUT2D eigenvalue weighted by Crippen LogP contribution is -2.46. The van der Waals surface area contributed by atoms with Gasteiger partial charge >= 0.3 is 0 Å². The van der Waals surface area contributed by atoms with Crippen LogP contribution in [0.5, 0.6) is 0 Å². The van der Waals surface area contributed by atoms with E-state index in [1.54, 1.807) is 0 Å². The van der Waals surface area contributed by atoms with Crippen molar-refractivity contribution in [1.82, 2.24) is 10.2 Å². The van der Waals surface area contributed by atoms with Gasteiger partial charge in [0.1, 0.15) is 0 Å². The maximum Gasteiger partial charge on any atom is 0.0252 e. The topological polar surface area (TPSA) is 15.3 Å². The molecule has 0 aromatic rings. The third-order valence-electron chi connectivity index (χ3n) is 2.90. The molecule has 1 rings (SSSR count). The van der Waals surface area contributed by atoms with E-state index in [1.807, 2.05) is 0 Å². The predicted octanol–water partition coefficient (Wildman–Crippen LogP) is 2.11. The second-order valence-corrected chi connectivity index (χ2v) is 5.62. The van der Waals surface area contributed by atoms with Crippen molar-refractivity contribution in [3.8, 4) is 0 Å². The minimum Gasteiger partial charge on any atom is -0.310 e. The van der Waals surface area contributed by atoms with Crippen LogP contribution in [0.3, 0.4) is 0 Å². The van der Waals surface area contributed by atoms with Crippen LogP contribution >= 0.6 is 0 Å². The van der Waals surface area contributed by atoms with Gasteiger partial charge in [0, 0.05) is 12.1 Å². The molecule has 0 amide bonds. The smallest absolute Gasteiger partial charge is 0.0252 e. The van der Waals surface area contributed by atoms with E-state index in [4.69, 9.17) is 0 Å². The lowest BCUT2D eigenvalue weighted by atomic mass is 10.0. The Kier molecular flexibility index (Phi) is 4.39. The highest BCUT2D eigenvalue weighted by Crippen LogP contribution is 2.12. The second kappa shape index (κ2) is 5.13. The van der Waals surface area contributed by atoms with Crippen LogP contribution < -0.4 is 5.32 Å². The van der Waals surface area contributed by atoms with Gasteiger partial charge in [-0.3, -0.25) is 0 Å². The zero-order chi connectivity index (χ0) is 10.6. The lowest BCUT2D eigenvalue weighted by Gasteiger charge is -2.30. The summed E-state index contributed by atoms with van der Waals surface area (Å²) < 4.78 is 0. The average molecular weight is 198 g/mol. The zero-order valence-electron chi connectivity index (χ0n) is 10.3. The van der Waals surface area contributed by atoms with Gasteiger partial charge in [0.05, 0.1) is 0 Å². The fourth-order valence-electron chi connectivity index (χ4n) is 2.06. The van der Waals surface area contributed by atoms with E-state index in [-0.39, 0.29) is 0 Å². The number of hydrogen-bond donors (Lipinski definition) is 1. The van der Waals surface area contributed by atoms with Crippen LogP contribution in [-0.4, -0.2) is 36.6 Å². The van der Waals surface area contributed by atoms with Crippen molar-refractivity contribution in [3.63, 3.8) is 0 Å². The Hall–Kier alpha value is -0.0800. The Morgan fingerprint density at radius 2 is 2.07 bits per heavy atom. The molecule has 1 saturated heterocycles. The van der Waals surface area contributed by atoms with Gasteiger partial charge in [0.15, 0.2) is 0 Å². The van der Waals surface area contributed by atoms with Gasteiger partial charge in [-0.15, -0.1) is 0 Å². The van der Waals surface area contributed by atoms with Crippen molar-refractivity contribution >= 4 is 0 Å². The van der Waals surface area contributed by atoms with E-state index in [1.165, 1.54) is 39.0 Å². The number of nitrogens with zero attached hydrogens (tertiary/aromatic N) is 1. The van der Waals surface area contributed by atoms with E-state index in [0.717, 1.165) is 5.92 Å². The average Bonchev–Trinajstić information content (AvgIpc) is 2.22. The maximum absolute atomic E-state index is 3.60. The lowest BCUT2D eigenvalue weighted by molar-refractivity contribution is 0.220. The molecule has 0 spiro atoms. The molecule has 0 aromatic heterocycles. The Labute approximate surface area is 89.1 Å². The van der Waals surface area contributed by atoms with Crippen molar-refractivity contribution in [1.29, 1.82) is 0 Å². The largest absolute Gasteiger partial charge is 0.310 e. The first-order valence-electron chi connectivity index (χ1n) is 5.97. The Bertz CT molecular complexity index is 164. The molecular formula is C12H26N2. The third kappa shape index (κ3) is 4.43. The molecule has 0 atom stereocenters. The predicted molar refractivity (Wildman–Crippen MR) is 62.6 cm³/mol. The fourth-order valence-corrected chi connectivity index (χ4v) is 2.06. The molecule has 14 heavy (non-hydrogen) atoms. The van der Waals surface area contributed by atoms with Gasteiger partial charge < -0.3 is 10.2 Å². The summed E-state index contributed by atoms with van der Waals surface area (Å²) in [6.45, 7) is 14.1. The van der Waals surface area contributed by atoms with Gasteiger partial charge in [-0.1, -0.05) is 13.8 Å². The van der Waals surface area contributed by atoms with Crippen molar-refractivity contribution in [3.05, 3.63) is 0 Å². The summed E-state index contributed by atoms with van der Waals surface area (Å²) in [4.78, 5) is 2.61. The molecule has 0 unspecified atom stereocenters. The third-order valence-corrected chi connectivity index (χ3v) is 2.90. The van der Waals surface area contributed by atoms with E-state index >= 15 is 0 Å². The zero-order valence-corrected chi connectivity index (χ0v) is 10.3. The van der Waals surface area contributed by atoms with E-state index in [9.17, 15) is 0 Å². The highest BCUT2D eigenvalue weighted by atomic mass is 15.2. The van der Waals surface area contributed by atoms with Crippen molar-refractivity contribution in [2.24, 2.45) is 5.92 Å². The Morgan fingerprint density at radius 3 is 2.71 bits per heavy atom. The SMILES string of the molecule is CC(C)CCN1CCCNC(C)(C)C1. The first kappa shape index (κ1) is 12.0. The number of rotatable bonds is 3. The molecule has 2 nitrogen and oxygen atoms in total. The molecule has 1 aliphatic rings. The van der Waals surface area contributed by atoms with Gasteiger partial charge in [-0.05, 0) is 52.2 Å².